The van der Waals surface area contributed by atoms with Gasteiger partial charge in [0.1, 0.15) is 5.54 Å². The molecular formula is C10H11NO2. The second-order valence-electron chi connectivity index (χ2n) is 3.25. The summed E-state index contributed by atoms with van der Waals surface area (Å²) in [6, 6.07) is 9.30. The average Bonchev–Trinajstić information content (AvgIpc) is 2.03. The van der Waals surface area contributed by atoms with Gasteiger partial charge in [0.25, 0.3) is 0 Å². The van der Waals surface area contributed by atoms with Gasteiger partial charge < -0.3 is 5.11 Å². The number of hydrogen-bond donors (Lipinski definition) is 2. The van der Waals surface area contributed by atoms with Gasteiger partial charge in [-0.05, 0) is 18.5 Å². The van der Waals surface area contributed by atoms with Crippen molar-refractivity contribution in [3.8, 4) is 0 Å². The Morgan fingerprint density at radius 2 is 2.00 bits per heavy atom. The summed E-state index contributed by atoms with van der Waals surface area (Å²) in [7, 11) is 0. The number of hydrogen-bond acceptors (Lipinski definition) is 2. The predicted octanol–water partition coefficient (Wildman–Crippen LogP) is 0.960. The minimum Gasteiger partial charge on any atom is -0.480 e. The third kappa shape index (κ3) is 1.12. The molecule has 1 fully saturated rings. The Labute approximate surface area is 76.4 Å². The smallest absolute Gasteiger partial charge is 0.328 e. The van der Waals surface area contributed by atoms with Crippen molar-refractivity contribution in [3.05, 3.63) is 35.9 Å². The van der Waals surface area contributed by atoms with E-state index in [1.807, 2.05) is 30.3 Å². The molecule has 0 radical (unpaired) electrons. The van der Waals surface area contributed by atoms with Crippen LogP contribution in [0, 0.1) is 0 Å². The van der Waals surface area contributed by atoms with Crippen molar-refractivity contribution >= 4 is 5.97 Å². The van der Waals surface area contributed by atoms with Gasteiger partial charge in [0.05, 0.1) is 0 Å². The van der Waals surface area contributed by atoms with Gasteiger partial charge in [-0.15, -0.1) is 0 Å². The Bertz CT molecular complexity index is 317. The molecule has 0 aromatic heterocycles. The molecule has 0 unspecified atom stereocenters. The molecule has 68 valence electrons. The Morgan fingerprint density at radius 1 is 1.38 bits per heavy atom. The first-order valence-corrected chi connectivity index (χ1v) is 4.30. The van der Waals surface area contributed by atoms with E-state index < -0.39 is 11.5 Å². The number of carbonyl (C=O) groups is 1. The van der Waals surface area contributed by atoms with Crippen LogP contribution in [0.15, 0.2) is 30.3 Å². The van der Waals surface area contributed by atoms with Gasteiger partial charge in [-0.3, -0.25) is 5.32 Å². The molecule has 2 rings (SSSR count). The molecule has 1 aliphatic heterocycles. The quantitative estimate of drug-likeness (QED) is 0.707. The predicted molar refractivity (Wildman–Crippen MR) is 48.4 cm³/mol. The normalized spacial score (nSPS) is 26.5. The molecule has 1 aromatic carbocycles. The van der Waals surface area contributed by atoms with E-state index in [1.54, 1.807) is 0 Å². The van der Waals surface area contributed by atoms with Crippen molar-refractivity contribution in [2.75, 3.05) is 6.54 Å². The van der Waals surface area contributed by atoms with E-state index >= 15 is 0 Å². The minimum absolute atomic E-state index is 0.673. The van der Waals surface area contributed by atoms with Crippen LogP contribution in [-0.4, -0.2) is 17.6 Å². The molecule has 1 aromatic rings. The van der Waals surface area contributed by atoms with E-state index in [2.05, 4.69) is 5.32 Å². The van der Waals surface area contributed by atoms with Gasteiger partial charge in [-0.1, -0.05) is 30.3 Å². The topological polar surface area (TPSA) is 49.3 Å². The molecule has 1 aliphatic rings. The summed E-state index contributed by atoms with van der Waals surface area (Å²) in [4.78, 5) is 11.0. The van der Waals surface area contributed by atoms with Crippen LogP contribution >= 0.6 is 0 Å². The first-order valence-electron chi connectivity index (χ1n) is 4.30. The summed E-state index contributed by atoms with van der Waals surface area (Å²) in [5, 5.41) is 12.0. The van der Waals surface area contributed by atoms with E-state index in [0.717, 1.165) is 12.1 Å². The number of nitrogens with one attached hydrogen (secondary N) is 1. The highest BCUT2D eigenvalue weighted by Crippen LogP contribution is 2.31. The van der Waals surface area contributed by atoms with Crippen molar-refractivity contribution in [2.45, 2.75) is 12.0 Å². The van der Waals surface area contributed by atoms with Crippen molar-refractivity contribution in [3.63, 3.8) is 0 Å². The molecule has 0 amide bonds. The second-order valence-corrected chi connectivity index (χ2v) is 3.25. The number of benzene rings is 1. The van der Waals surface area contributed by atoms with Gasteiger partial charge >= 0.3 is 5.97 Å². The van der Waals surface area contributed by atoms with Crippen LogP contribution in [0.25, 0.3) is 0 Å². The lowest BCUT2D eigenvalue weighted by molar-refractivity contribution is -0.148. The molecule has 0 spiro atoms. The molecule has 3 nitrogen and oxygen atoms in total. The van der Waals surface area contributed by atoms with Gasteiger partial charge in [0.15, 0.2) is 0 Å². The molecule has 13 heavy (non-hydrogen) atoms. The third-order valence-corrected chi connectivity index (χ3v) is 2.56. The Hall–Kier alpha value is -1.35. The standard InChI is InChI=1S/C10H11NO2/c12-9(13)10(6-7-11-10)8-4-2-1-3-5-8/h1-5,11H,6-7H2,(H,12,13)/t10-/m1/s1. The van der Waals surface area contributed by atoms with Crippen LogP contribution in [0.5, 0.6) is 0 Å². The number of aliphatic carboxylic acids is 1. The highest BCUT2D eigenvalue weighted by Gasteiger charge is 2.45. The molecule has 1 heterocycles. The summed E-state index contributed by atoms with van der Waals surface area (Å²) in [5.41, 5.74) is 0.0232. The number of carboxylic acid groups (broad SMARTS) is 1. The van der Waals surface area contributed by atoms with Gasteiger partial charge in [0.2, 0.25) is 0 Å². The van der Waals surface area contributed by atoms with Crippen molar-refractivity contribution in [1.29, 1.82) is 0 Å². The SMILES string of the molecule is O=C(O)[C@]1(c2ccccc2)CCN1. The fourth-order valence-electron chi connectivity index (χ4n) is 1.65. The van der Waals surface area contributed by atoms with Crippen molar-refractivity contribution in [2.24, 2.45) is 0 Å². The third-order valence-electron chi connectivity index (χ3n) is 2.56. The summed E-state index contributed by atoms with van der Waals surface area (Å²) in [6.07, 6.45) is 0.673. The van der Waals surface area contributed by atoms with E-state index in [1.165, 1.54) is 0 Å². The fourth-order valence-corrected chi connectivity index (χ4v) is 1.65. The van der Waals surface area contributed by atoms with E-state index in [0.29, 0.717) is 6.42 Å². The van der Waals surface area contributed by atoms with Crippen LogP contribution < -0.4 is 5.32 Å². The monoisotopic (exact) mass is 177 g/mol. The number of rotatable bonds is 2. The summed E-state index contributed by atoms with van der Waals surface area (Å²) in [5.74, 6) is -0.787. The highest BCUT2D eigenvalue weighted by molar-refractivity contribution is 5.82. The van der Waals surface area contributed by atoms with E-state index in [9.17, 15) is 4.79 Å². The Morgan fingerprint density at radius 3 is 2.38 bits per heavy atom. The zero-order valence-corrected chi connectivity index (χ0v) is 7.16. The number of carboxylic acids is 1. The largest absolute Gasteiger partial charge is 0.480 e. The maximum atomic E-state index is 11.0. The lowest BCUT2D eigenvalue weighted by Gasteiger charge is -2.39. The van der Waals surface area contributed by atoms with Crippen molar-refractivity contribution in [1.82, 2.24) is 5.32 Å². The minimum atomic E-state index is -0.818. The van der Waals surface area contributed by atoms with E-state index in [4.69, 9.17) is 5.11 Å². The Balaban J connectivity index is 2.38. The molecule has 2 N–H and O–H groups in total. The molecule has 1 atom stereocenters. The van der Waals surface area contributed by atoms with Crippen LogP contribution in [0.2, 0.25) is 0 Å². The molecule has 3 heteroatoms. The van der Waals surface area contributed by atoms with Crippen molar-refractivity contribution < 1.29 is 9.90 Å². The molecule has 1 saturated heterocycles. The van der Waals surface area contributed by atoms with Gasteiger partial charge in [-0.2, -0.15) is 0 Å². The fraction of sp³-hybridized carbons (Fsp3) is 0.300. The zero-order chi connectivity index (χ0) is 9.31. The average molecular weight is 177 g/mol. The zero-order valence-electron chi connectivity index (χ0n) is 7.16. The van der Waals surface area contributed by atoms with Crippen LogP contribution in [0.4, 0.5) is 0 Å². The van der Waals surface area contributed by atoms with Crippen LogP contribution in [-0.2, 0) is 10.3 Å². The first-order chi connectivity index (χ1) is 6.26. The molecular weight excluding hydrogens is 166 g/mol. The van der Waals surface area contributed by atoms with Gasteiger partial charge in [0, 0.05) is 0 Å². The lowest BCUT2D eigenvalue weighted by Crippen LogP contribution is -2.59. The molecule has 0 aliphatic carbocycles. The maximum Gasteiger partial charge on any atom is 0.328 e. The van der Waals surface area contributed by atoms with Crippen LogP contribution in [0.1, 0.15) is 12.0 Å². The van der Waals surface area contributed by atoms with Crippen LogP contribution in [0.3, 0.4) is 0 Å². The summed E-state index contributed by atoms with van der Waals surface area (Å²) in [6.45, 7) is 0.779. The first kappa shape index (κ1) is 8.26. The molecule has 0 bridgehead atoms. The summed E-state index contributed by atoms with van der Waals surface area (Å²) >= 11 is 0. The maximum absolute atomic E-state index is 11.0. The Kier molecular flexibility index (Phi) is 1.81. The van der Waals surface area contributed by atoms with E-state index in [-0.39, 0.29) is 0 Å². The highest BCUT2D eigenvalue weighted by atomic mass is 16.4. The molecule has 0 saturated carbocycles. The lowest BCUT2D eigenvalue weighted by atomic mass is 9.81. The summed E-state index contributed by atoms with van der Waals surface area (Å²) < 4.78 is 0. The second kappa shape index (κ2) is 2.85. The van der Waals surface area contributed by atoms with Gasteiger partial charge in [-0.25, -0.2) is 4.79 Å².